The van der Waals surface area contributed by atoms with Gasteiger partial charge in [-0.15, -0.1) is 0 Å². The fraction of sp³-hybridized carbons (Fsp3) is 0.231. The number of ether oxygens (including phenoxy) is 1. The maximum atomic E-state index is 11.1. The number of aromatic nitrogens is 2. The maximum absolute atomic E-state index is 11.1. The standard InChI is InChI=1S/C13H15N5O3/c1-21-10-5-3-2-4-8(10)6-7-9-11(18(19)20)12(14)17-13(15)16-9/h2-5H,6-7H2,1H3,(H4,14,15,16,17). The van der Waals surface area contributed by atoms with E-state index < -0.39 is 4.92 Å². The van der Waals surface area contributed by atoms with Gasteiger partial charge in [-0.1, -0.05) is 18.2 Å². The average molecular weight is 289 g/mol. The number of nitrogens with zero attached hydrogens (tertiary/aromatic N) is 3. The van der Waals surface area contributed by atoms with Gasteiger partial charge in [-0.3, -0.25) is 10.1 Å². The molecule has 8 nitrogen and oxygen atoms in total. The molecule has 4 N–H and O–H groups in total. The molecule has 0 fully saturated rings. The number of rotatable bonds is 5. The number of para-hydroxylation sites is 1. The summed E-state index contributed by atoms with van der Waals surface area (Å²) < 4.78 is 5.24. The highest BCUT2D eigenvalue weighted by molar-refractivity contribution is 5.57. The minimum Gasteiger partial charge on any atom is -0.496 e. The Morgan fingerprint density at radius 2 is 1.95 bits per heavy atom. The van der Waals surface area contributed by atoms with Crippen molar-refractivity contribution in [2.24, 2.45) is 0 Å². The molecule has 21 heavy (non-hydrogen) atoms. The summed E-state index contributed by atoms with van der Waals surface area (Å²) in [6.45, 7) is 0. The third kappa shape index (κ3) is 3.16. The first-order valence-electron chi connectivity index (χ1n) is 6.21. The van der Waals surface area contributed by atoms with Gasteiger partial charge in [0.2, 0.25) is 11.8 Å². The summed E-state index contributed by atoms with van der Waals surface area (Å²) in [5.74, 6) is 0.422. The molecule has 0 saturated carbocycles. The smallest absolute Gasteiger partial charge is 0.332 e. The molecule has 0 atom stereocenters. The molecule has 8 heteroatoms. The van der Waals surface area contributed by atoms with Gasteiger partial charge in [0.05, 0.1) is 12.0 Å². The van der Waals surface area contributed by atoms with E-state index >= 15 is 0 Å². The minimum atomic E-state index is -0.591. The fourth-order valence-corrected chi connectivity index (χ4v) is 2.08. The molecule has 0 aliphatic carbocycles. The van der Waals surface area contributed by atoms with Crippen molar-refractivity contribution in [3.63, 3.8) is 0 Å². The van der Waals surface area contributed by atoms with E-state index in [2.05, 4.69) is 9.97 Å². The van der Waals surface area contributed by atoms with Gasteiger partial charge in [-0.05, 0) is 18.1 Å². The van der Waals surface area contributed by atoms with Crippen LogP contribution in [0.4, 0.5) is 17.5 Å². The quantitative estimate of drug-likeness (QED) is 0.627. The third-order valence-electron chi connectivity index (χ3n) is 3.01. The SMILES string of the molecule is COc1ccccc1CCc1nc(N)nc(N)c1[N+](=O)[O-]. The first-order valence-corrected chi connectivity index (χ1v) is 6.21. The Balaban J connectivity index is 2.30. The first-order chi connectivity index (χ1) is 10.0. The molecule has 0 unspecified atom stereocenters. The largest absolute Gasteiger partial charge is 0.496 e. The number of hydrogen-bond acceptors (Lipinski definition) is 7. The summed E-state index contributed by atoms with van der Waals surface area (Å²) in [5, 5.41) is 11.1. The molecule has 2 rings (SSSR count). The number of nitrogen functional groups attached to an aromatic ring is 2. The van der Waals surface area contributed by atoms with E-state index in [1.165, 1.54) is 0 Å². The van der Waals surface area contributed by atoms with Crippen LogP contribution in [-0.4, -0.2) is 22.0 Å². The molecule has 110 valence electrons. The van der Waals surface area contributed by atoms with Crippen LogP contribution in [0.5, 0.6) is 5.75 Å². The highest BCUT2D eigenvalue weighted by atomic mass is 16.6. The van der Waals surface area contributed by atoms with Crippen LogP contribution >= 0.6 is 0 Å². The predicted molar refractivity (Wildman–Crippen MR) is 77.9 cm³/mol. The average Bonchev–Trinajstić information content (AvgIpc) is 2.44. The number of methoxy groups -OCH3 is 1. The Morgan fingerprint density at radius 1 is 1.24 bits per heavy atom. The van der Waals surface area contributed by atoms with E-state index in [4.69, 9.17) is 16.2 Å². The topological polar surface area (TPSA) is 130 Å². The number of hydrogen-bond donors (Lipinski definition) is 2. The summed E-state index contributed by atoms with van der Waals surface area (Å²) in [4.78, 5) is 18.0. The van der Waals surface area contributed by atoms with Crippen LogP contribution in [0.3, 0.4) is 0 Å². The number of anilines is 2. The van der Waals surface area contributed by atoms with Crippen molar-refractivity contribution in [3.8, 4) is 5.75 Å². The summed E-state index contributed by atoms with van der Waals surface area (Å²) in [5.41, 5.74) is 11.9. The molecule has 1 aromatic heterocycles. The Labute approximate surface area is 120 Å². The van der Waals surface area contributed by atoms with Crippen molar-refractivity contribution in [1.29, 1.82) is 0 Å². The summed E-state index contributed by atoms with van der Waals surface area (Å²) in [6.07, 6.45) is 0.828. The third-order valence-corrected chi connectivity index (χ3v) is 3.01. The lowest BCUT2D eigenvalue weighted by Gasteiger charge is -2.08. The van der Waals surface area contributed by atoms with E-state index in [0.717, 1.165) is 11.3 Å². The summed E-state index contributed by atoms with van der Waals surface area (Å²) in [7, 11) is 1.57. The zero-order valence-electron chi connectivity index (χ0n) is 11.4. The van der Waals surface area contributed by atoms with E-state index in [9.17, 15) is 10.1 Å². The number of nitro groups is 1. The lowest BCUT2D eigenvalue weighted by atomic mass is 10.1. The second kappa shape index (κ2) is 6.04. The van der Waals surface area contributed by atoms with Crippen molar-refractivity contribution in [2.45, 2.75) is 12.8 Å². The lowest BCUT2D eigenvalue weighted by Crippen LogP contribution is -2.09. The number of aryl methyl sites for hydroxylation is 2. The molecule has 0 radical (unpaired) electrons. The van der Waals surface area contributed by atoms with Crippen LogP contribution in [0.1, 0.15) is 11.3 Å². The first kappa shape index (κ1) is 14.5. The molecular weight excluding hydrogens is 274 g/mol. The molecule has 0 saturated heterocycles. The Morgan fingerprint density at radius 3 is 2.62 bits per heavy atom. The zero-order chi connectivity index (χ0) is 15.4. The van der Waals surface area contributed by atoms with Gasteiger partial charge in [-0.2, -0.15) is 4.98 Å². The predicted octanol–water partition coefficient (Wildman–Crippen LogP) is 1.34. The van der Waals surface area contributed by atoms with Crippen molar-refractivity contribution < 1.29 is 9.66 Å². The van der Waals surface area contributed by atoms with Gasteiger partial charge in [0.15, 0.2) is 0 Å². The highest BCUT2D eigenvalue weighted by Crippen LogP contribution is 2.26. The fourth-order valence-electron chi connectivity index (χ4n) is 2.08. The molecule has 0 spiro atoms. The van der Waals surface area contributed by atoms with Crippen LogP contribution in [0.25, 0.3) is 0 Å². The van der Waals surface area contributed by atoms with Crippen LogP contribution in [0.15, 0.2) is 24.3 Å². The number of nitrogens with two attached hydrogens (primary N) is 2. The molecule has 0 amide bonds. The lowest BCUT2D eigenvalue weighted by molar-refractivity contribution is -0.385. The Kier molecular flexibility index (Phi) is 4.17. The summed E-state index contributed by atoms with van der Waals surface area (Å²) in [6, 6.07) is 7.44. The van der Waals surface area contributed by atoms with Gasteiger partial charge >= 0.3 is 5.69 Å². The number of benzene rings is 1. The van der Waals surface area contributed by atoms with Crippen molar-refractivity contribution >= 4 is 17.5 Å². The second-order valence-electron chi connectivity index (χ2n) is 4.33. The molecular formula is C13H15N5O3. The van der Waals surface area contributed by atoms with E-state index in [0.29, 0.717) is 12.8 Å². The van der Waals surface area contributed by atoms with Crippen LogP contribution in [0, 0.1) is 10.1 Å². The van der Waals surface area contributed by atoms with Crippen molar-refractivity contribution in [2.75, 3.05) is 18.6 Å². The van der Waals surface area contributed by atoms with E-state index in [1.54, 1.807) is 7.11 Å². The highest BCUT2D eigenvalue weighted by Gasteiger charge is 2.22. The zero-order valence-corrected chi connectivity index (χ0v) is 11.4. The monoisotopic (exact) mass is 289 g/mol. The van der Waals surface area contributed by atoms with E-state index in [1.807, 2.05) is 24.3 Å². The van der Waals surface area contributed by atoms with Crippen LogP contribution < -0.4 is 16.2 Å². The van der Waals surface area contributed by atoms with Gasteiger partial charge in [-0.25, -0.2) is 4.98 Å². The maximum Gasteiger partial charge on any atom is 0.332 e. The van der Waals surface area contributed by atoms with Gasteiger partial charge in [0.1, 0.15) is 11.4 Å². The minimum absolute atomic E-state index is 0.0758. The molecule has 0 aliphatic rings. The van der Waals surface area contributed by atoms with Crippen molar-refractivity contribution in [3.05, 3.63) is 45.6 Å². The van der Waals surface area contributed by atoms with Crippen LogP contribution in [0.2, 0.25) is 0 Å². The Bertz CT molecular complexity index is 675. The van der Waals surface area contributed by atoms with E-state index in [-0.39, 0.29) is 23.1 Å². The van der Waals surface area contributed by atoms with Crippen molar-refractivity contribution in [1.82, 2.24) is 9.97 Å². The molecule has 1 aromatic carbocycles. The van der Waals surface area contributed by atoms with Gasteiger partial charge in [0.25, 0.3) is 0 Å². The van der Waals surface area contributed by atoms with Gasteiger partial charge < -0.3 is 16.2 Å². The molecule has 1 heterocycles. The Hall–Kier alpha value is -2.90. The molecule has 2 aromatic rings. The second-order valence-corrected chi connectivity index (χ2v) is 4.33. The van der Waals surface area contributed by atoms with Gasteiger partial charge in [0, 0.05) is 6.42 Å². The summed E-state index contributed by atoms with van der Waals surface area (Å²) >= 11 is 0. The molecule has 0 aliphatic heterocycles. The normalized spacial score (nSPS) is 10.3. The molecule has 0 bridgehead atoms. The van der Waals surface area contributed by atoms with Crippen LogP contribution in [-0.2, 0) is 12.8 Å².